The number of aromatic nitrogens is 2. The second kappa shape index (κ2) is 7.34. The van der Waals surface area contributed by atoms with Crippen molar-refractivity contribution < 1.29 is 9.53 Å². The number of nitrogens with one attached hydrogen (secondary N) is 2. The summed E-state index contributed by atoms with van der Waals surface area (Å²) in [5, 5.41) is 6.13. The van der Waals surface area contributed by atoms with Crippen molar-refractivity contribution in [3.05, 3.63) is 18.2 Å². The molecule has 0 spiro atoms. The molecule has 1 aliphatic carbocycles. The maximum Gasteiger partial charge on any atom is 0.315 e. The molecule has 1 saturated carbocycles. The fourth-order valence-corrected chi connectivity index (χ4v) is 3.78. The lowest BCUT2D eigenvalue weighted by Gasteiger charge is -2.29. The summed E-state index contributed by atoms with van der Waals surface area (Å²) in [6.07, 6.45) is 9.46. The van der Waals surface area contributed by atoms with E-state index in [0.29, 0.717) is 18.4 Å². The SMILES string of the molecule is C[C@H]1CCCC[C@@H]1CNC(=O)N[C@H]1CCO[C@@H]1c1nccn1C. The highest BCUT2D eigenvalue weighted by Crippen LogP contribution is 2.29. The fourth-order valence-electron chi connectivity index (χ4n) is 3.78. The molecule has 0 aromatic carbocycles. The van der Waals surface area contributed by atoms with Crippen molar-refractivity contribution in [2.75, 3.05) is 13.2 Å². The Morgan fingerprint density at radius 2 is 2.22 bits per heavy atom. The van der Waals surface area contributed by atoms with E-state index in [0.717, 1.165) is 18.8 Å². The maximum absolute atomic E-state index is 12.2. The largest absolute Gasteiger partial charge is 0.368 e. The first-order valence-electron chi connectivity index (χ1n) is 8.78. The number of urea groups is 1. The molecule has 0 unspecified atom stereocenters. The van der Waals surface area contributed by atoms with Crippen LogP contribution < -0.4 is 10.6 Å². The molecule has 1 aliphatic heterocycles. The predicted octanol–water partition coefficient (Wildman–Crippen LogP) is 2.38. The van der Waals surface area contributed by atoms with E-state index in [4.69, 9.17) is 4.74 Å². The first-order chi connectivity index (χ1) is 11.1. The molecule has 2 N–H and O–H groups in total. The van der Waals surface area contributed by atoms with Gasteiger partial charge in [-0.25, -0.2) is 9.78 Å². The van der Waals surface area contributed by atoms with Crippen molar-refractivity contribution in [3.63, 3.8) is 0 Å². The summed E-state index contributed by atoms with van der Waals surface area (Å²) in [4.78, 5) is 16.6. The minimum absolute atomic E-state index is 0.0140. The molecule has 1 saturated heterocycles. The molecular formula is C17H28N4O2. The molecule has 23 heavy (non-hydrogen) atoms. The number of aryl methyl sites for hydroxylation is 1. The first kappa shape index (κ1) is 16.3. The molecule has 1 aromatic heterocycles. The number of hydrogen-bond acceptors (Lipinski definition) is 3. The van der Waals surface area contributed by atoms with E-state index in [1.165, 1.54) is 25.7 Å². The third kappa shape index (κ3) is 3.86. The highest BCUT2D eigenvalue weighted by atomic mass is 16.5. The van der Waals surface area contributed by atoms with Crippen LogP contribution in [0.2, 0.25) is 0 Å². The van der Waals surface area contributed by atoms with Crippen molar-refractivity contribution in [1.82, 2.24) is 20.2 Å². The third-order valence-electron chi connectivity index (χ3n) is 5.34. The van der Waals surface area contributed by atoms with Gasteiger partial charge in [-0.3, -0.25) is 0 Å². The van der Waals surface area contributed by atoms with Gasteiger partial charge >= 0.3 is 6.03 Å². The molecule has 2 fully saturated rings. The highest BCUT2D eigenvalue weighted by Gasteiger charge is 2.33. The van der Waals surface area contributed by atoms with Gasteiger partial charge in [-0.2, -0.15) is 0 Å². The number of carbonyl (C=O) groups excluding carboxylic acids is 1. The van der Waals surface area contributed by atoms with Crippen LogP contribution in [-0.4, -0.2) is 34.8 Å². The Labute approximate surface area is 138 Å². The quantitative estimate of drug-likeness (QED) is 0.895. The van der Waals surface area contributed by atoms with Crippen molar-refractivity contribution in [2.45, 2.75) is 51.2 Å². The Kier molecular flexibility index (Phi) is 5.20. The van der Waals surface area contributed by atoms with Gasteiger partial charge in [-0.15, -0.1) is 0 Å². The smallest absolute Gasteiger partial charge is 0.315 e. The number of nitrogens with zero attached hydrogens (tertiary/aromatic N) is 2. The van der Waals surface area contributed by atoms with Crippen LogP contribution in [0.4, 0.5) is 4.79 Å². The van der Waals surface area contributed by atoms with Crippen LogP contribution in [0.5, 0.6) is 0 Å². The Bertz CT molecular complexity index is 530. The normalized spacial score (nSPS) is 31.0. The zero-order valence-corrected chi connectivity index (χ0v) is 14.1. The van der Waals surface area contributed by atoms with Crippen LogP contribution in [0, 0.1) is 11.8 Å². The Balaban J connectivity index is 1.50. The molecular weight excluding hydrogens is 292 g/mol. The third-order valence-corrected chi connectivity index (χ3v) is 5.34. The average Bonchev–Trinajstić information content (AvgIpc) is 3.15. The highest BCUT2D eigenvalue weighted by molar-refractivity contribution is 5.74. The van der Waals surface area contributed by atoms with Crippen molar-refractivity contribution in [1.29, 1.82) is 0 Å². The van der Waals surface area contributed by atoms with Crippen LogP contribution >= 0.6 is 0 Å². The Morgan fingerprint density at radius 3 is 2.96 bits per heavy atom. The van der Waals surface area contributed by atoms with E-state index in [9.17, 15) is 4.79 Å². The average molecular weight is 320 g/mol. The summed E-state index contributed by atoms with van der Waals surface area (Å²) >= 11 is 0. The molecule has 4 atom stereocenters. The van der Waals surface area contributed by atoms with E-state index in [2.05, 4.69) is 22.5 Å². The van der Waals surface area contributed by atoms with Gasteiger partial charge in [-0.1, -0.05) is 26.2 Å². The first-order valence-corrected chi connectivity index (χ1v) is 8.78. The van der Waals surface area contributed by atoms with Crippen molar-refractivity contribution in [3.8, 4) is 0 Å². The van der Waals surface area contributed by atoms with E-state index in [-0.39, 0.29) is 18.2 Å². The molecule has 1 aromatic rings. The van der Waals surface area contributed by atoms with Crippen LogP contribution in [0.1, 0.15) is 51.0 Å². The van der Waals surface area contributed by atoms with Gasteiger partial charge < -0.3 is 19.9 Å². The number of ether oxygens (including phenoxy) is 1. The van der Waals surface area contributed by atoms with Gasteiger partial charge in [0.2, 0.25) is 0 Å². The number of imidazole rings is 1. The summed E-state index contributed by atoms with van der Waals surface area (Å²) < 4.78 is 7.73. The molecule has 0 bridgehead atoms. The molecule has 2 heterocycles. The predicted molar refractivity (Wildman–Crippen MR) is 88.0 cm³/mol. The molecule has 2 amide bonds. The lowest BCUT2D eigenvalue weighted by Crippen LogP contribution is -2.45. The topological polar surface area (TPSA) is 68.2 Å². The number of amides is 2. The second-order valence-electron chi connectivity index (χ2n) is 6.96. The Morgan fingerprint density at radius 1 is 1.39 bits per heavy atom. The van der Waals surface area contributed by atoms with Crippen molar-refractivity contribution >= 4 is 6.03 Å². The summed E-state index contributed by atoms with van der Waals surface area (Å²) in [5.41, 5.74) is 0. The molecule has 6 nitrogen and oxygen atoms in total. The summed E-state index contributed by atoms with van der Waals surface area (Å²) in [5.74, 6) is 2.19. The fraction of sp³-hybridized carbons (Fsp3) is 0.765. The summed E-state index contributed by atoms with van der Waals surface area (Å²) in [6.45, 7) is 3.72. The van der Waals surface area contributed by atoms with Crippen LogP contribution in [0.15, 0.2) is 12.4 Å². The minimum Gasteiger partial charge on any atom is -0.368 e. The van der Waals surface area contributed by atoms with Gasteiger partial charge in [0.15, 0.2) is 0 Å². The van der Waals surface area contributed by atoms with Crippen LogP contribution in [-0.2, 0) is 11.8 Å². The zero-order chi connectivity index (χ0) is 16.2. The van der Waals surface area contributed by atoms with E-state index in [1.54, 1.807) is 6.20 Å². The van der Waals surface area contributed by atoms with Crippen molar-refractivity contribution in [2.24, 2.45) is 18.9 Å². The molecule has 0 radical (unpaired) electrons. The lowest BCUT2D eigenvalue weighted by molar-refractivity contribution is 0.0907. The Hall–Kier alpha value is -1.56. The molecule has 2 aliphatic rings. The molecule has 6 heteroatoms. The van der Waals surface area contributed by atoms with Gasteiger partial charge in [0.25, 0.3) is 0 Å². The van der Waals surface area contributed by atoms with Crippen LogP contribution in [0.25, 0.3) is 0 Å². The number of carbonyl (C=O) groups is 1. The van der Waals surface area contributed by atoms with E-state index in [1.807, 2.05) is 17.8 Å². The number of hydrogen-bond donors (Lipinski definition) is 2. The lowest BCUT2D eigenvalue weighted by atomic mass is 9.80. The maximum atomic E-state index is 12.2. The van der Waals surface area contributed by atoms with Gasteiger partial charge in [-0.05, 0) is 24.7 Å². The van der Waals surface area contributed by atoms with E-state index >= 15 is 0 Å². The minimum atomic E-state index is -0.158. The molecule has 128 valence electrons. The van der Waals surface area contributed by atoms with Crippen LogP contribution in [0.3, 0.4) is 0 Å². The summed E-state index contributed by atoms with van der Waals surface area (Å²) in [6, 6.07) is -0.0997. The summed E-state index contributed by atoms with van der Waals surface area (Å²) in [7, 11) is 1.95. The second-order valence-corrected chi connectivity index (χ2v) is 6.96. The van der Waals surface area contributed by atoms with Gasteiger partial charge in [0.05, 0.1) is 6.04 Å². The van der Waals surface area contributed by atoms with Gasteiger partial charge in [0, 0.05) is 32.6 Å². The molecule has 3 rings (SSSR count). The zero-order valence-electron chi connectivity index (χ0n) is 14.1. The number of rotatable bonds is 4. The van der Waals surface area contributed by atoms with Gasteiger partial charge in [0.1, 0.15) is 11.9 Å². The monoisotopic (exact) mass is 320 g/mol. The standard InChI is InChI=1S/C17H28N4O2/c1-12-5-3-4-6-13(12)11-19-17(22)20-14-7-10-23-15(14)16-18-8-9-21(16)2/h8-9,12-15H,3-7,10-11H2,1-2H3,(H2,19,20,22)/t12-,13+,14-,15-/m0/s1. The van der Waals surface area contributed by atoms with E-state index < -0.39 is 0 Å².